The average Bonchev–Trinajstić information content (AvgIpc) is 3.43. The highest BCUT2D eigenvalue weighted by molar-refractivity contribution is 7.15. The minimum atomic E-state index is -0.453. The summed E-state index contributed by atoms with van der Waals surface area (Å²) in [6.07, 6.45) is 6.57. The second-order valence-electron chi connectivity index (χ2n) is 8.79. The topological polar surface area (TPSA) is 37.3 Å². The van der Waals surface area contributed by atoms with E-state index in [2.05, 4.69) is 22.1 Å². The molecule has 1 aliphatic carbocycles. The van der Waals surface area contributed by atoms with Gasteiger partial charge in [-0.25, -0.2) is 9.18 Å². The molecule has 0 saturated carbocycles. The van der Waals surface area contributed by atoms with Crippen LogP contribution in [0.2, 0.25) is 5.02 Å². The van der Waals surface area contributed by atoms with Crippen LogP contribution in [0.5, 0.6) is 0 Å². The Kier molecular flexibility index (Phi) is 5.42. The number of nitrogens with zero attached hydrogens (tertiary/aromatic N) is 2. The lowest BCUT2D eigenvalue weighted by Gasteiger charge is -2.31. The molecule has 1 aliphatic heterocycles. The highest BCUT2D eigenvalue weighted by Crippen LogP contribution is 2.44. The predicted octanol–water partition coefficient (Wildman–Crippen LogP) is 7.35. The minimum absolute atomic E-state index is 0.176. The van der Waals surface area contributed by atoms with Crippen LogP contribution in [0.4, 0.5) is 14.9 Å². The molecule has 0 unspecified atom stereocenters. The normalized spacial score (nSPS) is 16.9. The average molecular weight is 492 g/mol. The Morgan fingerprint density at radius 1 is 1.00 bits per heavy atom. The summed E-state index contributed by atoms with van der Waals surface area (Å²) in [5.74, 6) is -0.453. The van der Waals surface area contributed by atoms with Gasteiger partial charge in [0.25, 0.3) is 0 Å². The maximum absolute atomic E-state index is 14.4. The Bertz CT molecular complexity index is 1380. The van der Waals surface area contributed by atoms with Gasteiger partial charge in [0.2, 0.25) is 0 Å². The van der Waals surface area contributed by atoms with Crippen LogP contribution in [-0.4, -0.2) is 15.5 Å². The number of urea groups is 1. The molecule has 2 aromatic carbocycles. The number of para-hydroxylation sites is 1. The Balaban J connectivity index is 1.51. The number of hydrogen-bond acceptors (Lipinski definition) is 2. The van der Waals surface area contributed by atoms with E-state index >= 15 is 0 Å². The number of hydrogen-bond donors (Lipinski definition) is 1. The molecule has 6 rings (SSSR count). The van der Waals surface area contributed by atoms with Crippen molar-refractivity contribution in [3.63, 3.8) is 0 Å². The predicted molar refractivity (Wildman–Crippen MR) is 135 cm³/mol. The number of anilines is 1. The van der Waals surface area contributed by atoms with Crippen LogP contribution in [-0.2, 0) is 19.4 Å². The maximum atomic E-state index is 14.4. The number of amides is 2. The van der Waals surface area contributed by atoms with Gasteiger partial charge in [0.1, 0.15) is 10.8 Å². The van der Waals surface area contributed by atoms with Crippen LogP contribution in [0.15, 0.2) is 66.9 Å². The van der Waals surface area contributed by atoms with Gasteiger partial charge < -0.3 is 14.8 Å². The number of rotatable bonds is 2. The number of aryl methyl sites for hydroxylation is 1. The summed E-state index contributed by atoms with van der Waals surface area (Å²) in [5, 5.41) is 4.65. The number of halogens is 2. The van der Waals surface area contributed by atoms with E-state index in [4.69, 9.17) is 11.6 Å². The van der Waals surface area contributed by atoms with Crippen LogP contribution < -0.4 is 5.32 Å². The van der Waals surface area contributed by atoms with Crippen LogP contribution >= 0.6 is 22.9 Å². The van der Waals surface area contributed by atoms with Crippen molar-refractivity contribution in [2.75, 3.05) is 5.32 Å². The summed E-state index contributed by atoms with van der Waals surface area (Å²) in [4.78, 5) is 17.0. The molecule has 1 atom stereocenters. The lowest BCUT2D eigenvalue weighted by molar-refractivity contribution is 0.194. The summed E-state index contributed by atoms with van der Waals surface area (Å²) in [5.41, 5.74) is 4.72. The fourth-order valence-corrected chi connectivity index (χ4v) is 6.66. The fourth-order valence-electron chi connectivity index (χ4n) is 5.13. The van der Waals surface area contributed by atoms with Crippen molar-refractivity contribution >= 4 is 34.7 Å². The lowest BCUT2D eigenvalue weighted by Crippen LogP contribution is -2.38. The Morgan fingerprint density at radius 3 is 2.62 bits per heavy atom. The first-order valence-electron chi connectivity index (χ1n) is 11.5. The van der Waals surface area contributed by atoms with Crippen molar-refractivity contribution in [2.45, 2.75) is 38.3 Å². The summed E-state index contributed by atoms with van der Waals surface area (Å²) in [7, 11) is 0. The number of benzene rings is 2. The third-order valence-corrected chi connectivity index (χ3v) is 8.33. The van der Waals surface area contributed by atoms with Gasteiger partial charge in [0.05, 0.1) is 24.0 Å². The highest BCUT2D eigenvalue weighted by Gasteiger charge is 2.36. The summed E-state index contributed by atoms with van der Waals surface area (Å²) in [6.45, 7) is 0.455. The van der Waals surface area contributed by atoms with Gasteiger partial charge in [-0.05, 0) is 73.2 Å². The van der Waals surface area contributed by atoms with Crippen molar-refractivity contribution in [3.05, 3.63) is 105 Å². The third kappa shape index (κ3) is 3.62. The molecule has 0 bridgehead atoms. The first-order valence-corrected chi connectivity index (χ1v) is 12.7. The van der Waals surface area contributed by atoms with Crippen LogP contribution in [0.3, 0.4) is 0 Å². The number of thiophene rings is 1. The van der Waals surface area contributed by atoms with Crippen LogP contribution in [0.1, 0.15) is 46.1 Å². The molecule has 0 radical (unpaired) electrons. The zero-order valence-corrected chi connectivity index (χ0v) is 20.0. The van der Waals surface area contributed by atoms with Crippen molar-refractivity contribution < 1.29 is 9.18 Å². The molecule has 172 valence electrons. The summed E-state index contributed by atoms with van der Waals surface area (Å²) < 4.78 is 16.6. The molecule has 34 heavy (non-hydrogen) atoms. The maximum Gasteiger partial charge on any atom is 0.323 e. The molecule has 0 spiro atoms. The van der Waals surface area contributed by atoms with Crippen molar-refractivity contribution in [1.29, 1.82) is 0 Å². The summed E-state index contributed by atoms with van der Waals surface area (Å²) in [6, 6.07) is 17.3. The summed E-state index contributed by atoms with van der Waals surface area (Å²) >= 11 is 8.02. The molecular formula is C27H23ClFN3OS. The first-order chi connectivity index (χ1) is 16.6. The second kappa shape index (κ2) is 8.60. The van der Waals surface area contributed by atoms with E-state index in [1.54, 1.807) is 18.2 Å². The van der Waals surface area contributed by atoms with Gasteiger partial charge in [0.15, 0.2) is 0 Å². The van der Waals surface area contributed by atoms with E-state index < -0.39 is 5.82 Å². The van der Waals surface area contributed by atoms with E-state index in [0.29, 0.717) is 11.6 Å². The molecule has 4 aromatic rings. The number of aromatic nitrogens is 1. The van der Waals surface area contributed by atoms with Crippen molar-refractivity contribution in [2.24, 2.45) is 0 Å². The Morgan fingerprint density at radius 2 is 1.79 bits per heavy atom. The molecule has 2 aliphatic rings. The van der Waals surface area contributed by atoms with Crippen LogP contribution in [0, 0.1) is 5.82 Å². The molecule has 3 heterocycles. The molecule has 1 N–H and O–H groups in total. The number of nitrogens with one attached hydrogen (secondary N) is 1. The van der Waals surface area contributed by atoms with E-state index in [0.717, 1.165) is 30.5 Å². The standard InChI is InChI=1S/C27H23ClFN3OS/c28-18-13-11-17(12-14-18)25-23-9-5-15-31(23)26-20(19-6-1-4-10-24(19)34-26)16-32(25)27(33)30-22-8-3-2-7-21(22)29/h2-3,5,7-9,11-15,25H,1,4,6,10,16H2,(H,30,33)/t25-/m1/s1. The lowest BCUT2D eigenvalue weighted by atomic mass is 9.95. The van der Waals surface area contributed by atoms with E-state index in [1.807, 2.05) is 46.6 Å². The molecule has 4 nitrogen and oxygen atoms in total. The van der Waals surface area contributed by atoms with Gasteiger partial charge >= 0.3 is 6.03 Å². The Labute approximate surface area is 206 Å². The van der Waals surface area contributed by atoms with E-state index in [1.165, 1.54) is 33.5 Å². The largest absolute Gasteiger partial charge is 0.323 e. The number of fused-ring (bicyclic) bond motifs is 5. The molecular weight excluding hydrogens is 469 g/mol. The number of carbonyl (C=O) groups is 1. The molecule has 2 aromatic heterocycles. The van der Waals surface area contributed by atoms with Crippen molar-refractivity contribution in [1.82, 2.24) is 9.47 Å². The molecule has 7 heteroatoms. The zero-order chi connectivity index (χ0) is 23.2. The van der Waals surface area contributed by atoms with Gasteiger partial charge in [-0.1, -0.05) is 35.9 Å². The Hall–Kier alpha value is -3.09. The molecule has 2 amide bonds. The van der Waals surface area contributed by atoms with Gasteiger partial charge in [-0.15, -0.1) is 11.3 Å². The van der Waals surface area contributed by atoms with Gasteiger partial charge in [-0.2, -0.15) is 0 Å². The zero-order valence-electron chi connectivity index (χ0n) is 18.4. The third-order valence-electron chi connectivity index (χ3n) is 6.74. The minimum Gasteiger partial charge on any atom is -0.310 e. The number of carbonyl (C=O) groups excluding carboxylic acids is 1. The molecule has 0 fully saturated rings. The quantitative estimate of drug-likeness (QED) is 0.313. The monoisotopic (exact) mass is 491 g/mol. The van der Waals surface area contributed by atoms with Gasteiger partial charge in [-0.3, -0.25) is 0 Å². The first kappa shape index (κ1) is 21.4. The smallest absolute Gasteiger partial charge is 0.310 e. The van der Waals surface area contributed by atoms with E-state index in [-0.39, 0.29) is 17.8 Å². The second-order valence-corrected chi connectivity index (χ2v) is 10.3. The van der Waals surface area contributed by atoms with Crippen molar-refractivity contribution in [3.8, 4) is 5.00 Å². The van der Waals surface area contributed by atoms with Gasteiger partial charge in [0, 0.05) is 21.7 Å². The SMILES string of the molecule is O=C(Nc1ccccc1F)N1Cc2c(sc3c2CCCC3)-n2cccc2[C@H]1c1ccc(Cl)cc1. The highest BCUT2D eigenvalue weighted by atomic mass is 35.5. The van der Waals surface area contributed by atoms with Crippen LogP contribution in [0.25, 0.3) is 5.00 Å². The molecule has 0 saturated heterocycles. The fraction of sp³-hybridized carbons (Fsp3) is 0.222. The van der Waals surface area contributed by atoms with E-state index in [9.17, 15) is 9.18 Å².